The molecule has 4 atom stereocenters. The van der Waals surface area contributed by atoms with Crippen molar-refractivity contribution in [2.24, 2.45) is 29.1 Å². The molecular formula is C16H19NO4. The van der Waals surface area contributed by atoms with Gasteiger partial charge < -0.3 is 5.11 Å². The maximum Gasteiger partial charge on any atom is 0.311 e. The van der Waals surface area contributed by atoms with Gasteiger partial charge in [0.05, 0.1) is 17.3 Å². The van der Waals surface area contributed by atoms with Crippen LogP contribution in [0.2, 0.25) is 0 Å². The number of imide groups is 1. The van der Waals surface area contributed by atoms with Gasteiger partial charge in [-0.3, -0.25) is 19.3 Å². The quantitative estimate of drug-likeness (QED) is 0.630. The summed E-state index contributed by atoms with van der Waals surface area (Å²) in [6, 6.07) is 0. The first-order chi connectivity index (χ1) is 10.0. The Morgan fingerprint density at radius 3 is 2.14 bits per heavy atom. The molecule has 21 heavy (non-hydrogen) atoms. The highest BCUT2D eigenvalue weighted by Gasteiger charge is 2.60. The molecule has 1 saturated heterocycles. The van der Waals surface area contributed by atoms with Gasteiger partial charge in [-0.25, -0.2) is 0 Å². The molecule has 0 aromatic heterocycles. The van der Waals surface area contributed by atoms with Crippen molar-refractivity contribution in [2.45, 2.75) is 32.1 Å². The van der Waals surface area contributed by atoms with Gasteiger partial charge in [-0.05, 0) is 31.1 Å². The average Bonchev–Trinajstić information content (AvgIpc) is 3.20. The highest BCUT2D eigenvalue weighted by molar-refractivity contribution is 6.06. The third-order valence-corrected chi connectivity index (χ3v) is 6.04. The molecule has 0 aromatic carbocycles. The normalized spacial score (nSPS) is 39.3. The standard InChI is InChI=1S/C16H19NO4/c18-13-11-9-3-4-10(7-9)12(11)14(19)17(13)8-16(15(20)21)5-1-2-6-16/h3-4,9-12H,1-2,5-8H2,(H,20,21). The lowest BCUT2D eigenvalue weighted by Crippen LogP contribution is -2.45. The first-order valence-electron chi connectivity index (χ1n) is 7.80. The minimum Gasteiger partial charge on any atom is -0.481 e. The molecule has 1 aliphatic heterocycles. The van der Waals surface area contributed by atoms with Crippen LogP contribution in [0.25, 0.3) is 0 Å². The molecule has 1 heterocycles. The lowest BCUT2D eigenvalue weighted by atomic mass is 9.85. The number of carboxylic acid groups (broad SMARTS) is 1. The Morgan fingerprint density at radius 1 is 1.14 bits per heavy atom. The summed E-state index contributed by atoms with van der Waals surface area (Å²) in [5.41, 5.74) is -0.906. The van der Waals surface area contributed by atoms with Gasteiger partial charge in [0, 0.05) is 6.54 Å². The van der Waals surface area contributed by atoms with Gasteiger partial charge >= 0.3 is 5.97 Å². The monoisotopic (exact) mass is 289 g/mol. The summed E-state index contributed by atoms with van der Waals surface area (Å²) in [4.78, 5) is 38.2. The third kappa shape index (κ3) is 1.60. The first-order valence-corrected chi connectivity index (χ1v) is 7.80. The topological polar surface area (TPSA) is 74.7 Å². The van der Waals surface area contributed by atoms with E-state index in [2.05, 4.69) is 12.2 Å². The number of fused-ring (bicyclic) bond motifs is 5. The van der Waals surface area contributed by atoms with E-state index >= 15 is 0 Å². The number of allylic oxidation sites excluding steroid dienone is 2. The number of carboxylic acids is 1. The number of hydrogen-bond acceptors (Lipinski definition) is 3. The largest absolute Gasteiger partial charge is 0.481 e. The van der Waals surface area contributed by atoms with Crippen LogP contribution in [0.15, 0.2) is 12.2 Å². The molecule has 4 rings (SSSR count). The maximum atomic E-state index is 12.6. The number of aliphatic carboxylic acids is 1. The van der Waals surface area contributed by atoms with Crippen LogP contribution in [-0.2, 0) is 14.4 Å². The van der Waals surface area contributed by atoms with Gasteiger partial charge in [0.2, 0.25) is 11.8 Å². The Balaban J connectivity index is 1.61. The molecule has 2 amide bonds. The zero-order chi connectivity index (χ0) is 14.8. The smallest absolute Gasteiger partial charge is 0.311 e. The van der Waals surface area contributed by atoms with Crippen LogP contribution < -0.4 is 0 Å². The highest BCUT2D eigenvalue weighted by atomic mass is 16.4. The van der Waals surface area contributed by atoms with E-state index < -0.39 is 11.4 Å². The summed E-state index contributed by atoms with van der Waals surface area (Å²) in [5, 5.41) is 9.55. The second-order valence-corrected chi connectivity index (χ2v) is 7.06. The first kappa shape index (κ1) is 13.0. The number of carbonyl (C=O) groups excluding carboxylic acids is 2. The Morgan fingerprint density at radius 2 is 1.67 bits per heavy atom. The van der Waals surface area contributed by atoms with E-state index in [-0.39, 0.29) is 42.0 Å². The SMILES string of the molecule is O=C1C2C3C=CC(C3)C2C(=O)N1CC1(C(=O)O)CCCC1. The van der Waals surface area contributed by atoms with Gasteiger partial charge in [-0.2, -0.15) is 0 Å². The second-order valence-electron chi connectivity index (χ2n) is 7.06. The number of rotatable bonds is 3. The van der Waals surface area contributed by atoms with Crippen LogP contribution in [0.5, 0.6) is 0 Å². The minimum atomic E-state index is -0.906. The van der Waals surface area contributed by atoms with Crippen LogP contribution in [0, 0.1) is 29.1 Å². The molecule has 4 unspecified atom stereocenters. The molecule has 5 nitrogen and oxygen atoms in total. The Kier molecular flexibility index (Phi) is 2.60. The molecule has 0 spiro atoms. The van der Waals surface area contributed by atoms with E-state index in [9.17, 15) is 19.5 Å². The summed E-state index contributed by atoms with van der Waals surface area (Å²) < 4.78 is 0. The molecule has 5 heteroatoms. The maximum absolute atomic E-state index is 12.6. The fourth-order valence-electron chi connectivity index (χ4n) is 4.91. The van der Waals surface area contributed by atoms with Crippen molar-refractivity contribution >= 4 is 17.8 Å². The van der Waals surface area contributed by atoms with Crippen molar-refractivity contribution in [3.05, 3.63) is 12.2 Å². The summed E-state index contributed by atoms with van der Waals surface area (Å²) in [7, 11) is 0. The Labute approximate surface area is 123 Å². The molecule has 2 saturated carbocycles. The van der Waals surface area contributed by atoms with Crippen molar-refractivity contribution < 1.29 is 19.5 Å². The minimum absolute atomic E-state index is 0.0758. The molecule has 2 bridgehead atoms. The van der Waals surface area contributed by atoms with Gasteiger partial charge in [0.1, 0.15) is 0 Å². The van der Waals surface area contributed by atoms with E-state index in [1.54, 1.807) is 0 Å². The molecule has 0 radical (unpaired) electrons. The molecule has 4 aliphatic rings. The third-order valence-electron chi connectivity index (χ3n) is 6.04. The van der Waals surface area contributed by atoms with Crippen LogP contribution >= 0.6 is 0 Å². The number of likely N-dealkylation sites (tertiary alicyclic amines) is 1. The molecule has 112 valence electrons. The molecule has 3 aliphatic carbocycles. The zero-order valence-electron chi connectivity index (χ0n) is 11.8. The number of nitrogens with zero attached hydrogens (tertiary/aromatic N) is 1. The van der Waals surface area contributed by atoms with E-state index in [1.165, 1.54) is 4.90 Å². The Bertz CT molecular complexity index is 531. The Hall–Kier alpha value is -1.65. The molecule has 0 aromatic rings. The van der Waals surface area contributed by atoms with Crippen molar-refractivity contribution in [3.8, 4) is 0 Å². The lowest BCUT2D eigenvalue weighted by Gasteiger charge is -2.29. The number of amides is 2. The average molecular weight is 289 g/mol. The van der Waals surface area contributed by atoms with Crippen molar-refractivity contribution in [1.82, 2.24) is 4.90 Å². The van der Waals surface area contributed by atoms with Crippen molar-refractivity contribution in [2.75, 3.05) is 6.54 Å². The summed E-state index contributed by atoms with van der Waals surface area (Å²) in [5.74, 6) is -1.20. The van der Waals surface area contributed by atoms with E-state index in [0.29, 0.717) is 12.8 Å². The highest BCUT2D eigenvalue weighted by Crippen LogP contribution is 2.53. The molecular weight excluding hydrogens is 270 g/mol. The number of carbonyl (C=O) groups is 3. The summed E-state index contributed by atoms with van der Waals surface area (Å²) in [6.45, 7) is 0.0758. The fourth-order valence-corrected chi connectivity index (χ4v) is 4.91. The number of hydrogen-bond donors (Lipinski definition) is 1. The van der Waals surface area contributed by atoms with E-state index in [0.717, 1.165) is 19.3 Å². The molecule has 3 fully saturated rings. The van der Waals surface area contributed by atoms with Gasteiger partial charge in [-0.15, -0.1) is 0 Å². The zero-order valence-corrected chi connectivity index (χ0v) is 11.8. The van der Waals surface area contributed by atoms with Crippen LogP contribution in [0.4, 0.5) is 0 Å². The summed E-state index contributed by atoms with van der Waals surface area (Å²) in [6.07, 6.45) is 7.89. The summed E-state index contributed by atoms with van der Waals surface area (Å²) >= 11 is 0. The van der Waals surface area contributed by atoms with Crippen LogP contribution in [0.1, 0.15) is 32.1 Å². The van der Waals surface area contributed by atoms with Crippen LogP contribution in [0.3, 0.4) is 0 Å². The predicted molar refractivity (Wildman–Crippen MR) is 73.0 cm³/mol. The van der Waals surface area contributed by atoms with Gasteiger partial charge in [0.15, 0.2) is 0 Å². The second kappa shape index (κ2) is 4.18. The van der Waals surface area contributed by atoms with E-state index in [4.69, 9.17) is 0 Å². The fraction of sp³-hybridized carbons (Fsp3) is 0.688. The van der Waals surface area contributed by atoms with Crippen molar-refractivity contribution in [1.29, 1.82) is 0 Å². The predicted octanol–water partition coefficient (Wildman–Crippen LogP) is 1.44. The van der Waals surface area contributed by atoms with Gasteiger partial charge in [-0.1, -0.05) is 25.0 Å². The van der Waals surface area contributed by atoms with Crippen LogP contribution in [-0.4, -0.2) is 34.3 Å². The van der Waals surface area contributed by atoms with E-state index in [1.807, 2.05) is 0 Å². The molecule has 1 N–H and O–H groups in total. The van der Waals surface area contributed by atoms with Crippen molar-refractivity contribution in [3.63, 3.8) is 0 Å². The van der Waals surface area contributed by atoms with Gasteiger partial charge in [0.25, 0.3) is 0 Å². The lowest BCUT2D eigenvalue weighted by molar-refractivity contribution is -0.153.